The number of hydrogen-bond acceptors (Lipinski definition) is 6. The molecule has 2 aromatic rings. The zero-order valence-corrected chi connectivity index (χ0v) is 18.8. The molecule has 1 unspecified atom stereocenters. The lowest BCUT2D eigenvalue weighted by molar-refractivity contribution is -0.118. The minimum Gasteiger partial charge on any atom is -0.383 e. The number of nitrogens with two attached hydrogens (primary N) is 1. The van der Waals surface area contributed by atoms with Gasteiger partial charge in [0, 0.05) is 35.0 Å². The molecule has 1 atom stereocenters. The van der Waals surface area contributed by atoms with Gasteiger partial charge in [-0.2, -0.15) is 5.26 Å². The Morgan fingerprint density at radius 1 is 1.33 bits per heavy atom. The van der Waals surface area contributed by atoms with Gasteiger partial charge in [0.15, 0.2) is 5.78 Å². The van der Waals surface area contributed by atoms with E-state index in [0.717, 1.165) is 0 Å². The van der Waals surface area contributed by atoms with Crippen molar-refractivity contribution in [1.29, 1.82) is 5.26 Å². The van der Waals surface area contributed by atoms with E-state index in [1.807, 2.05) is 19.9 Å². The first-order valence-electron chi connectivity index (χ1n) is 10.3. The molecule has 0 saturated carbocycles. The van der Waals surface area contributed by atoms with Crippen molar-refractivity contribution in [3.05, 3.63) is 87.4 Å². The predicted octanol–water partition coefficient (Wildman–Crippen LogP) is 3.96. The van der Waals surface area contributed by atoms with Gasteiger partial charge in [-0.25, -0.2) is 9.40 Å². The van der Waals surface area contributed by atoms with E-state index in [9.17, 15) is 19.2 Å². The summed E-state index contributed by atoms with van der Waals surface area (Å²) in [5, 5.41) is 11.3. The zero-order valence-electron chi connectivity index (χ0n) is 18.0. The van der Waals surface area contributed by atoms with Gasteiger partial charge in [-0.3, -0.25) is 20.0 Å². The molecule has 33 heavy (non-hydrogen) atoms. The number of hydrazine groups is 1. The van der Waals surface area contributed by atoms with Crippen LogP contribution in [0.5, 0.6) is 0 Å². The molecular weight excluding hydrogens is 445 g/mol. The number of halogens is 2. The average Bonchev–Trinajstić information content (AvgIpc) is 2.75. The summed E-state index contributed by atoms with van der Waals surface area (Å²) in [6.45, 7) is 3.83. The number of amides is 1. The summed E-state index contributed by atoms with van der Waals surface area (Å²) in [5.41, 5.74) is 9.45. The second-order valence-corrected chi connectivity index (χ2v) is 9.21. The summed E-state index contributed by atoms with van der Waals surface area (Å²) in [6.07, 6.45) is 3.48. The minimum atomic E-state index is -1.08. The molecule has 7 nitrogen and oxygen atoms in total. The normalized spacial score (nSPS) is 19.8. The first-order valence-corrected chi connectivity index (χ1v) is 10.6. The highest BCUT2D eigenvalue weighted by atomic mass is 35.5. The van der Waals surface area contributed by atoms with Crippen LogP contribution in [0.3, 0.4) is 0 Å². The molecule has 1 aliphatic heterocycles. The molecular formula is C24H21ClFN5O2. The Bertz CT molecular complexity index is 1240. The summed E-state index contributed by atoms with van der Waals surface area (Å²) in [5.74, 6) is -2.60. The van der Waals surface area contributed by atoms with Gasteiger partial charge < -0.3 is 5.73 Å². The fraction of sp³-hybridized carbons (Fsp3) is 0.250. The van der Waals surface area contributed by atoms with Crippen LogP contribution in [0.15, 0.2) is 65.4 Å². The van der Waals surface area contributed by atoms with Crippen LogP contribution in [0.2, 0.25) is 5.02 Å². The van der Waals surface area contributed by atoms with Crippen LogP contribution >= 0.6 is 11.6 Å². The van der Waals surface area contributed by atoms with E-state index in [0.29, 0.717) is 12.1 Å². The van der Waals surface area contributed by atoms with Crippen LogP contribution in [-0.2, 0) is 4.79 Å². The Labute approximate surface area is 195 Å². The molecule has 1 aromatic carbocycles. The smallest absolute Gasteiger partial charge is 0.271 e. The molecule has 1 aliphatic carbocycles. The summed E-state index contributed by atoms with van der Waals surface area (Å²) in [6, 6.07) is 9.37. The summed E-state index contributed by atoms with van der Waals surface area (Å²) in [7, 11) is 0. The van der Waals surface area contributed by atoms with E-state index in [1.165, 1.54) is 35.6 Å². The van der Waals surface area contributed by atoms with E-state index in [4.69, 9.17) is 17.3 Å². The number of rotatable bonds is 3. The molecule has 2 aliphatic rings. The standard InChI is InChI=1S/C24H21ClFN5O2/c1-24(2)9-17-21(18(32)10-24)19(20-15(25)6-3-7-16(20)26)14(11-27)22(28)31(17)30-23(33)13-5-4-8-29-12-13/h3-8,12,19H,9-10,28H2,1-2H3,(H,30,33). The number of nitrogens with zero attached hydrogens (tertiary/aromatic N) is 3. The Balaban J connectivity index is 1.92. The lowest BCUT2D eigenvalue weighted by Gasteiger charge is -2.43. The number of benzene rings is 1. The first-order chi connectivity index (χ1) is 15.6. The summed E-state index contributed by atoms with van der Waals surface area (Å²) >= 11 is 6.33. The Hall–Kier alpha value is -3.70. The van der Waals surface area contributed by atoms with E-state index < -0.39 is 23.1 Å². The van der Waals surface area contributed by atoms with Crippen LogP contribution in [0.4, 0.5) is 4.39 Å². The Kier molecular flexibility index (Phi) is 5.68. The Morgan fingerprint density at radius 3 is 2.73 bits per heavy atom. The number of allylic oxidation sites excluding steroid dienone is 3. The Morgan fingerprint density at radius 2 is 2.09 bits per heavy atom. The number of Topliss-reactive ketones (excluding diaryl/α,β-unsaturated/α-hetero) is 1. The molecule has 168 valence electrons. The quantitative estimate of drug-likeness (QED) is 0.709. The van der Waals surface area contributed by atoms with Gasteiger partial charge in [0.2, 0.25) is 0 Å². The largest absolute Gasteiger partial charge is 0.383 e. The van der Waals surface area contributed by atoms with E-state index in [2.05, 4.69) is 10.4 Å². The fourth-order valence-corrected chi connectivity index (χ4v) is 4.65. The lowest BCUT2D eigenvalue weighted by atomic mass is 9.69. The van der Waals surface area contributed by atoms with E-state index >= 15 is 0 Å². The molecule has 4 rings (SSSR count). The van der Waals surface area contributed by atoms with Crippen LogP contribution in [0, 0.1) is 22.6 Å². The third-order valence-corrected chi connectivity index (χ3v) is 6.14. The summed E-state index contributed by atoms with van der Waals surface area (Å²) in [4.78, 5) is 30.2. The number of ketones is 1. The van der Waals surface area contributed by atoms with Crippen molar-refractivity contribution < 1.29 is 14.0 Å². The maximum Gasteiger partial charge on any atom is 0.271 e. The van der Waals surface area contributed by atoms with Gasteiger partial charge in [-0.1, -0.05) is 31.5 Å². The van der Waals surface area contributed by atoms with Crippen LogP contribution in [0.1, 0.15) is 48.5 Å². The summed E-state index contributed by atoms with van der Waals surface area (Å²) < 4.78 is 15.0. The highest BCUT2D eigenvalue weighted by Crippen LogP contribution is 2.50. The molecule has 9 heteroatoms. The third-order valence-electron chi connectivity index (χ3n) is 5.81. The highest BCUT2D eigenvalue weighted by Gasteiger charge is 2.46. The van der Waals surface area contributed by atoms with E-state index in [-0.39, 0.29) is 45.3 Å². The molecule has 0 radical (unpaired) electrons. The first kappa shape index (κ1) is 22.5. The molecule has 0 spiro atoms. The number of pyridine rings is 1. The van der Waals surface area contributed by atoms with Gasteiger partial charge in [0.1, 0.15) is 11.6 Å². The number of aromatic nitrogens is 1. The second-order valence-electron chi connectivity index (χ2n) is 8.80. The topological polar surface area (TPSA) is 112 Å². The molecule has 0 bridgehead atoms. The monoisotopic (exact) mass is 465 g/mol. The number of nitrogens with one attached hydrogen (secondary N) is 1. The molecule has 2 heterocycles. The minimum absolute atomic E-state index is 0.0115. The molecule has 0 saturated heterocycles. The predicted molar refractivity (Wildman–Crippen MR) is 120 cm³/mol. The lowest BCUT2D eigenvalue weighted by Crippen LogP contribution is -2.50. The van der Waals surface area contributed by atoms with Crippen molar-refractivity contribution in [1.82, 2.24) is 15.4 Å². The maximum absolute atomic E-state index is 15.0. The average molecular weight is 466 g/mol. The molecule has 0 fully saturated rings. The van der Waals surface area contributed by atoms with Gasteiger partial charge >= 0.3 is 0 Å². The van der Waals surface area contributed by atoms with Crippen molar-refractivity contribution >= 4 is 23.3 Å². The van der Waals surface area contributed by atoms with Gasteiger partial charge in [0.05, 0.1) is 28.8 Å². The van der Waals surface area contributed by atoms with Crippen LogP contribution in [-0.4, -0.2) is 21.7 Å². The van der Waals surface area contributed by atoms with Gasteiger partial charge in [0.25, 0.3) is 5.91 Å². The molecule has 3 N–H and O–H groups in total. The number of carbonyl (C=O) groups excluding carboxylic acids is 2. The molecule has 1 aromatic heterocycles. The van der Waals surface area contributed by atoms with Crippen LogP contribution in [0.25, 0.3) is 0 Å². The highest BCUT2D eigenvalue weighted by molar-refractivity contribution is 6.31. The van der Waals surface area contributed by atoms with Crippen LogP contribution < -0.4 is 11.2 Å². The number of hydrogen-bond donors (Lipinski definition) is 2. The van der Waals surface area contributed by atoms with Crippen molar-refractivity contribution in [2.24, 2.45) is 11.1 Å². The van der Waals surface area contributed by atoms with Crippen molar-refractivity contribution in [3.63, 3.8) is 0 Å². The molecule has 1 amide bonds. The van der Waals surface area contributed by atoms with Crippen molar-refractivity contribution in [3.8, 4) is 6.07 Å². The third kappa shape index (κ3) is 3.96. The van der Waals surface area contributed by atoms with Crippen molar-refractivity contribution in [2.45, 2.75) is 32.6 Å². The van der Waals surface area contributed by atoms with Gasteiger partial charge in [-0.15, -0.1) is 0 Å². The maximum atomic E-state index is 15.0. The van der Waals surface area contributed by atoms with Crippen molar-refractivity contribution in [2.75, 3.05) is 0 Å². The van der Waals surface area contributed by atoms with Gasteiger partial charge in [-0.05, 0) is 36.1 Å². The number of carbonyl (C=O) groups is 2. The zero-order chi connectivity index (χ0) is 23.9. The van der Waals surface area contributed by atoms with E-state index in [1.54, 1.807) is 12.1 Å². The number of nitriles is 1. The second kappa shape index (κ2) is 8.34. The SMILES string of the molecule is CC1(C)CC(=O)C2=C(C1)N(NC(=O)c1cccnc1)C(N)=C(C#N)C2c1c(F)cccc1Cl. The fourth-order valence-electron chi connectivity index (χ4n) is 4.37.